The third-order valence-electron chi connectivity index (χ3n) is 4.30. The molecule has 0 saturated heterocycles. The van der Waals surface area contributed by atoms with Crippen LogP contribution in [0.4, 0.5) is 0 Å². The Morgan fingerprint density at radius 3 is 2.47 bits per heavy atom. The fourth-order valence-electron chi connectivity index (χ4n) is 2.94. The quantitative estimate of drug-likeness (QED) is 0.353. The van der Waals surface area contributed by atoms with Gasteiger partial charge in [0.05, 0.1) is 11.1 Å². The van der Waals surface area contributed by atoms with Gasteiger partial charge in [-0.1, -0.05) is 47.7 Å². The number of thiazole rings is 1. The maximum atomic E-state index is 11.8. The molecule has 2 aromatic carbocycles. The Kier molecular flexibility index (Phi) is 4.94. The molecule has 0 aliphatic heterocycles. The number of hydrogen-bond acceptors (Lipinski definition) is 8. The van der Waals surface area contributed by atoms with Crippen LogP contribution >= 0.6 is 34.4 Å². The van der Waals surface area contributed by atoms with Gasteiger partial charge in [0.2, 0.25) is 5.16 Å². The van der Waals surface area contributed by atoms with Gasteiger partial charge >= 0.3 is 0 Å². The summed E-state index contributed by atoms with van der Waals surface area (Å²) in [5.41, 5.74) is 0.928. The summed E-state index contributed by atoms with van der Waals surface area (Å²) in [6.45, 7) is 0. The molecule has 0 bridgehead atoms. The molecule has 0 amide bonds. The van der Waals surface area contributed by atoms with Gasteiger partial charge in [0.1, 0.15) is 4.21 Å². The number of benzene rings is 2. The van der Waals surface area contributed by atoms with Gasteiger partial charge in [-0.05, 0) is 41.4 Å². The molecule has 10 heteroatoms. The first-order chi connectivity index (χ1) is 14.5. The highest BCUT2D eigenvalue weighted by atomic mass is 32.2. The fourth-order valence-corrected chi connectivity index (χ4v) is 6.89. The molecule has 3 heterocycles. The van der Waals surface area contributed by atoms with Crippen LogP contribution in [0.25, 0.3) is 26.5 Å². The summed E-state index contributed by atoms with van der Waals surface area (Å²) in [5.74, 6) is 0.741. The van der Waals surface area contributed by atoms with Crippen molar-refractivity contribution in [2.45, 2.75) is 13.7 Å². The van der Waals surface area contributed by atoms with Gasteiger partial charge in [-0.2, -0.15) is 0 Å². The van der Waals surface area contributed by atoms with E-state index in [1.54, 1.807) is 11.3 Å². The molecule has 0 N–H and O–H groups in total. The maximum Gasteiger partial charge on any atom is 0.203 e. The van der Waals surface area contributed by atoms with Crippen molar-refractivity contribution in [2.75, 3.05) is 6.26 Å². The topological polar surface area (TPSA) is 77.7 Å². The van der Waals surface area contributed by atoms with Crippen LogP contribution in [-0.4, -0.2) is 34.4 Å². The van der Waals surface area contributed by atoms with Crippen molar-refractivity contribution in [3.8, 4) is 16.4 Å². The normalized spacial score (nSPS) is 11.9. The highest BCUT2D eigenvalue weighted by Gasteiger charge is 2.20. The lowest BCUT2D eigenvalue weighted by Gasteiger charge is -2.08. The van der Waals surface area contributed by atoms with E-state index in [9.17, 15) is 8.42 Å². The molecular formula is C20H14N4O2S4. The van der Waals surface area contributed by atoms with Crippen molar-refractivity contribution < 1.29 is 8.42 Å². The minimum atomic E-state index is -3.29. The monoisotopic (exact) mass is 470 g/mol. The second-order valence-corrected chi connectivity index (χ2v) is 12.0. The first-order valence-corrected chi connectivity index (χ1v) is 13.2. The van der Waals surface area contributed by atoms with Crippen LogP contribution in [0, 0.1) is 0 Å². The molecule has 0 atom stereocenters. The van der Waals surface area contributed by atoms with E-state index in [1.165, 1.54) is 28.9 Å². The number of hydrogen-bond donors (Lipinski definition) is 0. The number of nitrogens with zero attached hydrogens (tertiary/aromatic N) is 4. The van der Waals surface area contributed by atoms with Crippen LogP contribution in [0.5, 0.6) is 0 Å². The molecule has 3 aromatic heterocycles. The average molecular weight is 471 g/mol. The van der Waals surface area contributed by atoms with Gasteiger partial charge in [-0.3, -0.25) is 4.57 Å². The predicted octanol–water partition coefficient (Wildman–Crippen LogP) is 5.16. The Balaban J connectivity index is 1.62. The number of para-hydroxylation sites is 1. The van der Waals surface area contributed by atoms with E-state index in [1.807, 2.05) is 47.0 Å². The van der Waals surface area contributed by atoms with Gasteiger partial charge in [-0.25, -0.2) is 13.4 Å². The third kappa shape index (κ3) is 3.67. The molecule has 0 spiro atoms. The molecule has 30 heavy (non-hydrogen) atoms. The molecule has 0 fully saturated rings. The Bertz CT molecular complexity index is 1420. The van der Waals surface area contributed by atoms with Crippen molar-refractivity contribution in [3.63, 3.8) is 0 Å². The minimum absolute atomic E-state index is 0.237. The average Bonchev–Trinajstić information content (AvgIpc) is 3.46. The number of rotatable bonds is 5. The smallest absolute Gasteiger partial charge is 0.203 e. The zero-order valence-corrected chi connectivity index (χ0v) is 18.9. The van der Waals surface area contributed by atoms with E-state index in [-0.39, 0.29) is 4.21 Å². The van der Waals surface area contributed by atoms with Crippen molar-refractivity contribution >= 4 is 54.4 Å². The zero-order chi connectivity index (χ0) is 20.7. The van der Waals surface area contributed by atoms with E-state index in [4.69, 9.17) is 0 Å². The summed E-state index contributed by atoms with van der Waals surface area (Å²) in [4.78, 5) is 5.26. The zero-order valence-electron chi connectivity index (χ0n) is 15.6. The molecule has 6 nitrogen and oxygen atoms in total. The summed E-state index contributed by atoms with van der Waals surface area (Å²) in [7, 11) is -3.29. The Morgan fingerprint density at radius 2 is 1.73 bits per heavy atom. The van der Waals surface area contributed by atoms with E-state index in [2.05, 4.69) is 33.4 Å². The standard InChI is InChI=1S/C20H14N4O2S4/c1-30(25,26)17-12-21-20(28-17)29-19-23-22-18(24(19)14-8-3-2-4-9-14)16-11-13-7-5-6-10-15(13)27-16/h2-12H,1H3. The van der Waals surface area contributed by atoms with Crippen molar-refractivity contribution in [1.29, 1.82) is 0 Å². The Morgan fingerprint density at radius 1 is 0.967 bits per heavy atom. The predicted molar refractivity (Wildman–Crippen MR) is 122 cm³/mol. The molecule has 0 saturated carbocycles. The van der Waals surface area contributed by atoms with Gasteiger partial charge in [0, 0.05) is 16.6 Å². The highest BCUT2D eigenvalue weighted by molar-refractivity contribution is 8.01. The third-order valence-corrected chi connectivity index (χ3v) is 9.22. The molecule has 0 aliphatic rings. The van der Waals surface area contributed by atoms with Crippen LogP contribution in [0.15, 0.2) is 80.6 Å². The van der Waals surface area contributed by atoms with Gasteiger partial charge in [0.25, 0.3) is 0 Å². The molecular weight excluding hydrogens is 457 g/mol. The summed E-state index contributed by atoms with van der Waals surface area (Å²) in [5, 5.41) is 10.7. The molecule has 150 valence electrons. The largest absolute Gasteiger partial charge is 0.269 e. The van der Waals surface area contributed by atoms with E-state index < -0.39 is 9.84 Å². The van der Waals surface area contributed by atoms with Gasteiger partial charge < -0.3 is 0 Å². The lowest BCUT2D eigenvalue weighted by molar-refractivity contribution is 0.603. The number of sulfone groups is 1. The highest BCUT2D eigenvalue weighted by Crippen LogP contribution is 2.38. The summed E-state index contributed by atoms with van der Waals surface area (Å²) in [6, 6.07) is 20.2. The van der Waals surface area contributed by atoms with E-state index in [0.29, 0.717) is 9.50 Å². The molecule has 0 radical (unpaired) electrons. The number of thiophene rings is 1. The van der Waals surface area contributed by atoms with E-state index >= 15 is 0 Å². The van der Waals surface area contributed by atoms with Crippen LogP contribution in [-0.2, 0) is 9.84 Å². The second kappa shape index (κ2) is 7.62. The van der Waals surface area contributed by atoms with Crippen LogP contribution in [0.1, 0.15) is 0 Å². The maximum absolute atomic E-state index is 11.8. The second-order valence-electron chi connectivity index (χ2n) is 6.45. The lowest BCUT2D eigenvalue weighted by Crippen LogP contribution is -1.98. The Labute approximate surface area is 185 Å². The van der Waals surface area contributed by atoms with Crippen molar-refractivity contribution in [3.05, 3.63) is 66.9 Å². The van der Waals surface area contributed by atoms with Gasteiger partial charge in [0.15, 0.2) is 20.0 Å². The Hall–Kier alpha value is -2.53. The van der Waals surface area contributed by atoms with Crippen molar-refractivity contribution in [2.24, 2.45) is 0 Å². The summed E-state index contributed by atoms with van der Waals surface area (Å²) >= 11 is 4.10. The molecule has 0 aliphatic carbocycles. The SMILES string of the molecule is CS(=O)(=O)c1cnc(Sc2nnc(-c3cc4ccccc4s3)n2-c2ccccc2)s1. The molecule has 0 unspecified atom stereocenters. The molecule has 5 rings (SSSR count). The molecule has 5 aromatic rings. The van der Waals surface area contributed by atoms with Crippen LogP contribution in [0.2, 0.25) is 0 Å². The van der Waals surface area contributed by atoms with Crippen LogP contribution in [0.3, 0.4) is 0 Å². The van der Waals surface area contributed by atoms with E-state index in [0.717, 1.165) is 33.1 Å². The summed E-state index contributed by atoms with van der Waals surface area (Å²) < 4.78 is 27.6. The van der Waals surface area contributed by atoms with Gasteiger partial charge in [-0.15, -0.1) is 21.5 Å². The minimum Gasteiger partial charge on any atom is -0.269 e. The van der Waals surface area contributed by atoms with Crippen molar-refractivity contribution in [1.82, 2.24) is 19.7 Å². The lowest BCUT2D eigenvalue weighted by atomic mass is 10.2. The van der Waals surface area contributed by atoms with Crippen LogP contribution < -0.4 is 0 Å². The number of aromatic nitrogens is 4. The summed E-state index contributed by atoms with van der Waals surface area (Å²) in [6.07, 6.45) is 2.57. The first kappa shape index (κ1) is 19.4. The first-order valence-electron chi connectivity index (χ1n) is 8.82. The fraction of sp³-hybridized carbons (Fsp3) is 0.0500. The number of fused-ring (bicyclic) bond motifs is 1.